The van der Waals surface area contributed by atoms with Crippen molar-refractivity contribution in [1.29, 1.82) is 0 Å². The van der Waals surface area contributed by atoms with Gasteiger partial charge < -0.3 is 15.2 Å². The van der Waals surface area contributed by atoms with E-state index in [0.29, 0.717) is 17.3 Å². The van der Waals surface area contributed by atoms with Crippen LogP contribution in [0.15, 0.2) is 42.5 Å². The molecule has 0 aliphatic heterocycles. The molecule has 0 spiro atoms. The molecule has 0 bridgehead atoms. The first-order valence-corrected chi connectivity index (χ1v) is 5.92. The summed E-state index contributed by atoms with van der Waals surface area (Å²) in [6.07, 6.45) is 0. The number of benzene rings is 2. The fraction of sp³-hybridized carbons (Fsp3) is 0.143. The Bertz CT molecular complexity index is 543. The first-order valence-electron chi connectivity index (χ1n) is 5.54. The van der Waals surface area contributed by atoms with E-state index in [0.717, 1.165) is 11.3 Å². The van der Waals surface area contributed by atoms with Crippen molar-refractivity contribution in [2.45, 2.75) is 6.54 Å². The summed E-state index contributed by atoms with van der Waals surface area (Å²) in [5, 5.41) is 13.1. The second-order valence-electron chi connectivity index (χ2n) is 3.87. The summed E-state index contributed by atoms with van der Waals surface area (Å²) in [6.45, 7) is 0.632. The van der Waals surface area contributed by atoms with Gasteiger partial charge in [-0.1, -0.05) is 23.7 Å². The third-order valence-corrected chi connectivity index (χ3v) is 2.85. The second-order valence-corrected chi connectivity index (χ2v) is 4.28. The molecule has 2 aromatic carbocycles. The number of anilines is 1. The van der Waals surface area contributed by atoms with Crippen molar-refractivity contribution in [3.05, 3.63) is 53.1 Å². The Kier molecular flexibility index (Phi) is 3.95. The topological polar surface area (TPSA) is 41.5 Å². The number of hydrogen-bond donors (Lipinski definition) is 2. The standard InChI is InChI=1S/C14H14ClNO2/c1-18-14-6-5-10(7-13(14)15)9-16-11-3-2-4-12(17)8-11/h2-8,16-17H,9H2,1H3. The number of halogens is 1. The van der Waals surface area contributed by atoms with Crippen LogP contribution >= 0.6 is 11.6 Å². The summed E-state index contributed by atoms with van der Waals surface area (Å²) in [5.74, 6) is 0.908. The van der Waals surface area contributed by atoms with Gasteiger partial charge in [0.25, 0.3) is 0 Å². The molecule has 18 heavy (non-hydrogen) atoms. The normalized spacial score (nSPS) is 10.1. The van der Waals surface area contributed by atoms with Gasteiger partial charge in [-0.2, -0.15) is 0 Å². The van der Waals surface area contributed by atoms with E-state index < -0.39 is 0 Å². The second kappa shape index (κ2) is 5.65. The Morgan fingerprint density at radius 1 is 1.22 bits per heavy atom. The predicted octanol–water partition coefficient (Wildman–Crippen LogP) is 3.67. The maximum atomic E-state index is 9.35. The molecule has 0 aliphatic carbocycles. The number of ether oxygens (including phenoxy) is 1. The maximum Gasteiger partial charge on any atom is 0.137 e. The van der Waals surface area contributed by atoms with Gasteiger partial charge in [0.15, 0.2) is 0 Å². The van der Waals surface area contributed by atoms with Crippen LogP contribution in [0.2, 0.25) is 5.02 Å². The highest BCUT2D eigenvalue weighted by molar-refractivity contribution is 6.32. The van der Waals surface area contributed by atoms with Gasteiger partial charge in [0, 0.05) is 18.3 Å². The van der Waals surface area contributed by atoms with Crippen molar-refractivity contribution in [2.75, 3.05) is 12.4 Å². The van der Waals surface area contributed by atoms with Crippen LogP contribution < -0.4 is 10.1 Å². The molecular weight excluding hydrogens is 250 g/mol. The van der Waals surface area contributed by atoms with Crippen LogP contribution in [0.4, 0.5) is 5.69 Å². The quantitative estimate of drug-likeness (QED) is 0.884. The highest BCUT2D eigenvalue weighted by Gasteiger charge is 2.02. The Balaban J connectivity index is 2.04. The van der Waals surface area contributed by atoms with Crippen LogP contribution in [-0.4, -0.2) is 12.2 Å². The molecule has 0 atom stereocenters. The van der Waals surface area contributed by atoms with Gasteiger partial charge in [-0.05, 0) is 29.8 Å². The van der Waals surface area contributed by atoms with Crippen molar-refractivity contribution in [2.24, 2.45) is 0 Å². The number of hydrogen-bond acceptors (Lipinski definition) is 3. The summed E-state index contributed by atoms with van der Waals surface area (Å²) >= 11 is 6.04. The number of rotatable bonds is 4. The maximum absolute atomic E-state index is 9.35. The molecular formula is C14H14ClNO2. The summed E-state index contributed by atoms with van der Waals surface area (Å²) in [7, 11) is 1.59. The molecule has 4 heteroatoms. The van der Waals surface area contributed by atoms with Crippen LogP contribution in [-0.2, 0) is 6.54 Å². The summed E-state index contributed by atoms with van der Waals surface area (Å²) in [5.41, 5.74) is 1.91. The van der Waals surface area contributed by atoms with Gasteiger partial charge in [0.1, 0.15) is 11.5 Å². The Hall–Kier alpha value is -1.87. The molecule has 0 radical (unpaired) electrons. The van der Waals surface area contributed by atoms with Crippen LogP contribution in [0, 0.1) is 0 Å². The zero-order valence-electron chi connectivity index (χ0n) is 9.98. The van der Waals surface area contributed by atoms with Gasteiger partial charge in [-0.25, -0.2) is 0 Å². The number of nitrogens with one attached hydrogen (secondary N) is 1. The minimum absolute atomic E-state index is 0.243. The molecule has 0 saturated carbocycles. The van der Waals surface area contributed by atoms with Gasteiger partial charge in [0.05, 0.1) is 12.1 Å². The predicted molar refractivity (Wildman–Crippen MR) is 73.4 cm³/mol. The third-order valence-electron chi connectivity index (χ3n) is 2.56. The average molecular weight is 264 g/mol. The Morgan fingerprint density at radius 2 is 2.06 bits per heavy atom. The van der Waals surface area contributed by atoms with E-state index in [2.05, 4.69) is 5.32 Å². The molecule has 0 aliphatic rings. The smallest absolute Gasteiger partial charge is 0.137 e. The highest BCUT2D eigenvalue weighted by Crippen LogP contribution is 2.25. The number of phenolic OH excluding ortho intramolecular Hbond substituents is 1. The van der Waals surface area contributed by atoms with Crippen LogP contribution in [0.25, 0.3) is 0 Å². The van der Waals surface area contributed by atoms with Crippen LogP contribution in [0.3, 0.4) is 0 Å². The molecule has 2 aromatic rings. The van der Waals surface area contributed by atoms with E-state index in [4.69, 9.17) is 16.3 Å². The van der Waals surface area contributed by atoms with E-state index >= 15 is 0 Å². The van der Waals surface area contributed by atoms with Crippen molar-refractivity contribution < 1.29 is 9.84 Å². The third kappa shape index (κ3) is 3.08. The minimum atomic E-state index is 0.243. The van der Waals surface area contributed by atoms with E-state index in [9.17, 15) is 5.11 Å². The highest BCUT2D eigenvalue weighted by atomic mass is 35.5. The Morgan fingerprint density at radius 3 is 2.72 bits per heavy atom. The summed E-state index contributed by atoms with van der Waals surface area (Å²) in [6, 6.07) is 12.6. The largest absolute Gasteiger partial charge is 0.508 e. The van der Waals surface area contributed by atoms with Crippen molar-refractivity contribution in [3.8, 4) is 11.5 Å². The molecule has 2 N–H and O–H groups in total. The summed E-state index contributed by atoms with van der Waals surface area (Å²) in [4.78, 5) is 0. The van der Waals surface area contributed by atoms with Crippen molar-refractivity contribution >= 4 is 17.3 Å². The van der Waals surface area contributed by atoms with E-state index in [1.807, 2.05) is 24.3 Å². The molecule has 3 nitrogen and oxygen atoms in total. The van der Waals surface area contributed by atoms with E-state index in [-0.39, 0.29) is 5.75 Å². The van der Waals surface area contributed by atoms with Gasteiger partial charge in [-0.15, -0.1) is 0 Å². The summed E-state index contributed by atoms with van der Waals surface area (Å²) < 4.78 is 5.09. The first-order chi connectivity index (χ1) is 8.69. The molecule has 0 fully saturated rings. The molecule has 0 heterocycles. The van der Waals surface area contributed by atoms with Gasteiger partial charge in [-0.3, -0.25) is 0 Å². The fourth-order valence-electron chi connectivity index (χ4n) is 1.64. The first kappa shape index (κ1) is 12.6. The van der Waals surface area contributed by atoms with Gasteiger partial charge in [0.2, 0.25) is 0 Å². The molecule has 0 saturated heterocycles. The van der Waals surface area contributed by atoms with E-state index in [1.54, 1.807) is 25.3 Å². The number of phenols is 1. The zero-order chi connectivity index (χ0) is 13.0. The molecule has 94 valence electrons. The lowest BCUT2D eigenvalue weighted by Crippen LogP contribution is -1.99. The van der Waals surface area contributed by atoms with E-state index in [1.165, 1.54) is 0 Å². The zero-order valence-corrected chi connectivity index (χ0v) is 10.7. The van der Waals surface area contributed by atoms with Gasteiger partial charge >= 0.3 is 0 Å². The molecule has 0 amide bonds. The lowest BCUT2D eigenvalue weighted by atomic mass is 10.2. The van der Waals surface area contributed by atoms with Crippen LogP contribution in [0.5, 0.6) is 11.5 Å². The average Bonchev–Trinajstić information content (AvgIpc) is 2.37. The minimum Gasteiger partial charge on any atom is -0.508 e. The van der Waals surface area contributed by atoms with Crippen LogP contribution in [0.1, 0.15) is 5.56 Å². The van der Waals surface area contributed by atoms with Crippen molar-refractivity contribution in [3.63, 3.8) is 0 Å². The SMILES string of the molecule is COc1ccc(CNc2cccc(O)c2)cc1Cl. The van der Waals surface area contributed by atoms with Crippen molar-refractivity contribution in [1.82, 2.24) is 0 Å². The molecule has 2 rings (SSSR count). The fourth-order valence-corrected chi connectivity index (χ4v) is 1.92. The number of methoxy groups -OCH3 is 1. The monoisotopic (exact) mass is 263 g/mol. The lowest BCUT2D eigenvalue weighted by Gasteiger charge is -2.09. The number of aromatic hydroxyl groups is 1. The Labute approximate surface area is 111 Å². The lowest BCUT2D eigenvalue weighted by molar-refractivity contribution is 0.415. The molecule has 0 aromatic heterocycles. The molecule has 0 unspecified atom stereocenters.